The van der Waals surface area contributed by atoms with Gasteiger partial charge < -0.3 is 4.18 Å². The summed E-state index contributed by atoms with van der Waals surface area (Å²) in [6.07, 6.45) is 1.03. The maximum Gasteiger partial charge on any atom is 0.306 e. The molecule has 0 N–H and O–H groups in total. The molecule has 0 amide bonds. The smallest absolute Gasteiger partial charge is 0.306 e. The van der Waals surface area contributed by atoms with Crippen molar-refractivity contribution in [3.05, 3.63) is 38.4 Å². The van der Waals surface area contributed by atoms with E-state index in [0.717, 1.165) is 25.1 Å². The Morgan fingerprint density at radius 1 is 1.18 bits per heavy atom. The van der Waals surface area contributed by atoms with Crippen molar-refractivity contribution < 1.29 is 12.6 Å². The number of hydrogen-bond donors (Lipinski definition) is 0. The van der Waals surface area contributed by atoms with Gasteiger partial charge >= 0.3 is 10.1 Å². The van der Waals surface area contributed by atoms with Gasteiger partial charge in [-0.1, -0.05) is 15.9 Å². The van der Waals surface area contributed by atoms with Gasteiger partial charge in [0.25, 0.3) is 0 Å². The molecule has 0 bridgehead atoms. The Labute approximate surface area is 122 Å². The first kappa shape index (κ1) is 13.1. The van der Waals surface area contributed by atoms with E-state index >= 15 is 0 Å². The first-order valence-corrected chi connectivity index (χ1v) is 8.33. The van der Waals surface area contributed by atoms with E-state index in [1.54, 1.807) is 12.1 Å². The third kappa shape index (κ3) is 3.11. The summed E-state index contributed by atoms with van der Waals surface area (Å²) in [5.41, 5.74) is 0. The molecule has 0 fully saturated rings. The molecule has 0 radical (unpaired) electrons. The molecule has 3 nitrogen and oxygen atoms in total. The zero-order valence-electron chi connectivity index (χ0n) is 8.78. The third-order valence-corrected chi connectivity index (χ3v) is 4.26. The van der Waals surface area contributed by atoms with E-state index in [-0.39, 0.29) is 0 Å². The average Bonchev–Trinajstić information content (AvgIpc) is 2.21. The van der Waals surface area contributed by atoms with Gasteiger partial charge in [-0.3, -0.25) is 0 Å². The molecular formula is C11H8BrIO3S. The van der Waals surface area contributed by atoms with E-state index in [1.165, 1.54) is 0 Å². The Bertz CT molecular complexity index is 682. The van der Waals surface area contributed by atoms with Crippen LogP contribution >= 0.6 is 38.5 Å². The summed E-state index contributed by atoms with van der Waals surface area (Å²) in [4.78, 5) is 0. The Hall–Kier alpha value is -0.340. The topological polar surface area (TPSA) is 43.4 Å². The first-order chi connectivity index (χ1) is 7.87. The summed E-state index contributed by atoms with van der Waals surface area (Å²) >= 11 is 5.66. The van der Waals surface area contributed by atoms with Crippen molar-refractivity contribution in [3.8, 4) is 5.75 Å². The number of hydrogen-bond acceptors (Lipinski definition) is 3. The van der Waals surface area contributed by atoms with Gasteiger partial charge in [-0.25, -0.2) is 0 Å². The summed E-state index contributed by atoms with van der Waals surface area (Å²) in [6, 6.07) is 9.12. The van der Waals surface area contributed by atoms with E-state index in [0.29, 0.717) is 5.75 Å². The van der Waals surface area contributed by atoms with Gasteiger partial charge in [-0.15, -0.1) is 0 Å². The fourth-order valence-corrected chi connectivity index (χ4v) is 3.04. The molecule has 2 aromatic carbocycles. The van der Waals surface area contributed by atoms with Crippen LogP contribution < -0.4 is 4.18 Å². The zero-order valence-corrected chi connectivity index (χ0v) is 13.3. The standard InChI is InChI=1S/C11H8BrIO3S/c1-17(14,15)16-7-2-3-8-9(6-7)11(13)5-4-10(8)12/h2-6H,1H3. The van der Waals surface area contributed by atoms with E-state index < -0.39 is 10.1 Å². The molecule has 0 atom stereocenters. The van der Waals surface area contributed by atoms with Gasteiger partial charge in [-0.2, -0.15) is 8.42 Å². The first-order valence-electron chi connectivity index (χ1n) is 4.64. The predicted molar refractivity (Wildman–Crippen MR) is 79.8 cm³/mol. The van der Waals surface area contributed by atoms with Crippen molar-refractivity contribution in [1.82, 2.24) is 0 Å². The summed E-state index contributed by atoms with van der Waals surface area (Å²) < 4.78 is 29.0. The number of halogens is 2. The minimum absolute atomic E-state index is 0.330. The Balaban J connectivity index is 2.62. The van der Waals surface area contributed by atoms with Crippen LogP contribution in [-0.2, 0) is 10.1 Å². The quantitative estimate of drug-likeness (QED) is 0.544. The van der Waals surface area contributed by atoms with E-state index in [2.05, 4.69) is 38.5 Å². The van der Waals surface area contributed by atoms with Gasteiger partial charge in [0.15, 0.2) is 0 Å². The van der Waals surface area contributed by atoms with Crippen LogP contribution in [0, 0.1) is 3.57 Å². The number of benzene rings is 2. The second-order valence-corrected chi connectivity index (χ2v) is 7.12. The lowest BCUT2D eigenvalue weighted by Crippen LogP contribution is -2.05. The molecule has 0 aliphatic heterocycles. The molecule has 2 aromatic rings. The minimum atomic E-state index is -3.48. The van der Waals surface area contributed by atoms with E-state index in [4.69, 9.17) is 4.18 Å². The molecule has 0 aromatic heterocycles. The highest BCUT2D eigenvalue weighted by molar-refractivity contribution is 14.1. The summed E-state index contributed by atoms with van der Waals surface area (Å²) in [5.74, 6) is 0.330. The molecule has 0 saturated carbocycles. The van der Waals surface area contributed by atoms with Gasteiger partial charge in [0.2, 0.25) is 0 Å². The highest BCUT2D eigenvalue weighted by atomic mass is 127. The fourth-order valence-electron chi connectivity index (χ4n) is 1.48. The Morgan fingerprint density at radius 3 is 2.53 bits per heavy atom. The van der Waals surface area contributed by atoms with Crippen LogP contribution in [0.3, 0.4) is 0 Å². The molecule has 2 rings (SSSR count). The van der Waals surface area contributed by atoms with Crippen LogP contribution in [0.5, 0.6) is 5.75 Å². The molecule has 0 unspecified atom stereocenters. The van der Waals surface area contributed by atoms with Gasteiger partial charge in [0.05, 0.1) is 6.26 Å². The van der Waals surface area contributed by atoms with E-state index in [1.807, 2.05) is 18.2 Å². The summed E-state index contributed by atoms with van der Waals surface area (Å²) in [5, 5.41) is 1.99. The molecule has 0 heterocycles. The van der Waals surface area contributed by atoms with Gasteiger partial charge in [0.1, 0.15) is 5.75 Å². The van der Waals surface area contributed by atoms with Crippen LogP contribution in [0.4, 0.5) is 0 Å². The second-order valence-electron chi connectivity index (χ2n) is 3.52. The SMILES string of the molecule is CS(=O)(=O)Oc1ccc2c(Br)ccc(I)c2c1. The predicted octanol–water partition coefficient (Wildman–Crippen LogP) is 3.55. The Kier molecular flexibility index (Phi) is 3.65. The zero-order chi connectivity index (χ0) is 12.6. The van der Waals surface area contributed by atoms with Crippen molar-refractivity contribution in [3.63, 3.8) is 0 Å². The number of fused-ring (bicyclic) bond motifs is 1. The van der Waals surface area contributed by atoms with Crippen molar-refractivity contribution >= 4 is 59.4 Å². The molecule has 17 heavy (non-hydrogen) atoms. The lowest BCUT2D eigenvalue weighted by atomic mass is 10.1. The molecule has 0 spiro atoms. The molecular weight excluding hydrogens is 419 g/mol. The van der Waals surface area contributed by atoms with Crippen molar-refractivity contribution in [2.75, 3.05) is 6.26 Å². The third-order valence-electron chi connectivity index (χ3n) is 2.13. The lowest BCUT2D eigenvalue weighted by molar-refractivity contribution is 0.493. The van der Waals surface area contributed by atoms with Crippen molar-refractivity contribution in [1.29, 1.82) is 0 Å². The monoisotopic (exact) mass is 426 g/mol. The van der Waals surface area contributed by atoms with E-state index in [9.17, 15) is 8.42 Å². The Morgan fingerprint density at radius 2 is 1.88 bits per heavy atom. The van der Waals surface area contributed by atoms with Crippen LogP contribution in [0.1, 0.15) is 0 Å². The van der Waals surface area contributed by atoms with Crippen LogP contribution in [0.25, 0.3) is 10.8 Å². The van der Waals surface area contributed by atoms with Crippen LogP contribution in [-0.4, -0.2) is 14.7 Å². The molecule has 0 saturated heterocycles. The maximum absolute atomic E-state index is 11.1. The fraction of sp³-hybridized carbons (Fsp3) is 0.0909. The van der Waals surface area contributed by atoms with Crippen molar-refractivity contribution in [2.24, 2.45) is 0 Å². The van der Waals surface area contributed by atoms with Crippen LogP contribution in [0.2, 0.25) is 0 Å². The summed E-state index contributed by atoms with van der Waals surface area (Å²) in [6.45, 7) is 0. The highest BCUT2D eigenvalue weighted by Crippen LogP contribution is 2.31. The van der Waals surface area contributed by atoms with Crippen molar-refractivity contribution in [2.45, 2.75) is 0 Å². The largest absolute Gasteiger partial charge is 0.383 e. The second kappa shape index (κ2) is 4.74. The molecule has 0 aliphatic carbocycles. The van der Waals surface area contributed by atoms with Gasteiger partial charge in [-0.05, 0) is 63.7 Å². The minimum Gasteiger partial charge on any atom is -0.383 e. The highest BCUT2D eigenvalue weighted by Gasteiger charge is 2.08. The molecule has 0 aliphatic rings. The maximum atomic E-state index is 11.1. The summed E-state index contributed by atoms with van der Waals surface area (Å²) in [7, 11) is -3.48. The normalized spacial score (nSPS) is 11.7. The molecule has 90 valence electrons. The van der Waals surface area contributed by atoms with Gasteiger partial charge in [0, 0.05) is 8.04 Å². The number of rotatable bonds is 2. The average molecular weight is 427 g/mol. The lowest BCUT2D eigenvalue weighted by Gasteiger charge is -2.07. The molecule has 6 heteroatoms. The van der Waals surface area contributed by atoms with Crippen LogP contribution in [0.15, 0.2) is 34.8 Å².